The van der Waals surface area contributed by atoms with E-state index in [-0.39, 0.29) is 29.5 Å². The minimum atomic E-state index is -3.55. The van der Waals surface area contributed by atoms with E-state index in [0.29, 0.717) is 24.5 Å². The normalized spacial score (nSPS) is 18.7. The van der Waals surface area contributed by atoms with Gasteiger partial charge in [0.25, 0.3) is 0 Å². The number of anilines is 1. The highest BCUT2D eigenvalue weighted by Crippen LogP contribution is 2.31. The van der Waals surface area contributed by atoms with Crippen molar-refractivity contribution in [3.05, 3.63) is 18.2 Å². The molecule has 1 aromatic rings. The number of nitrogens with one attached hydrogen (secondary N) is 2. The fourth-order valence-electron chi connectivity index (χ4n) is 3.94. The van der Waals surface area contributed by atoms with Gasteiger partial charge in [-0.25, -0.2) is 8.42 Å². The first-order valence-corrected chi connectivity index (χ1v) is 12.1. The average molecular weight is 424 g/mol. The van der Waals surface area contributed by atoms with Crippen LogP contribution in [0.3, 0.4) is 0 Å². The molecule has 29 heavy (non-hydrogen) atoms. The second kappa shape index (κ2) is 9.80. The maximum Gasteiger partial charge on any atom is 0.243 e. The summed E-state index contributed by atoms with van der Waals surface area (Å²) in [6.45, 7) is 5.01. The van der Waals surface area contributed by atoms with E-state index in [1.165, 1.54) is 0 Å². The van der Waals surface area contributed by atoms with Crippen LogP contribution in [0.4, 0.5) is 5.69 Å². The van der Waals surface area contributed by atoms with E-state index in [0.717, 1.165) is 44.9 Å². The lowest BCUT2D eigenvalue weighted by Crippen LogP contribution is -2.37. The number of piperidine rings is 1. The van der Waals surface area contributed by atoms with Crippen LogP contribution in [-0.2, 0) is 14.8 Å². The molecule has 0 aromatic heterocycles. The highest BCUT2D eigenvalue weighted by molar-refractivity contribution is 7.89. The van der Waals surface area contributed by atoms with Gasteiger partial charge in [0.05, 0.1) is 23.2 Å². The number of ether oxygens (including phenoxy) is 1. The average Bonchev–Trinajstić information content (AvgIpc) is 3.20. The first-order chi connectivity index (χ1) is 13.9. The Morgan fingerprint density at radius 1 is 1.14 bits per heavy atom. The van der Waals surface area contributed by atoms with Crippen molar-refractivity contribution in [3.8, 4) is 5.75 Å². The predicted octanol–water partition coefficient (Wildman–Crippen LogP) is 3.12. The van der Waals surface area contributed by atoms with Gasteiger partial charge in [-0.3, -0.25) is 4.79 Å². The van der Waals surface area contributed by atoms with E-state index in [2.05, 4.69) is 10.6 Å². The lowest BCUT2D eigenvalue weighted by molar-refractivity contribution is -0.120. The second-order valence-electron chi connectivity index (χ2n) is 8.19. The Kier molecular flexibility index (Phi) is 7.40. The van der Waals surface area contributed by atoms with Crippen LogP contribution in [0.2, 0.25) is 0 Å². The Morgan fingerprint density at radius 3 is 2.48 bits per heavy atom. The summed E-state index contributed by atoms with van der Waals surface area (Å²) in [6.07, 6.45) is 7.14. The molecule has 2 N–H and O–H groups in total. The summed E-state index contributed by atoms with van der Waals surface area (Å²) in [5, 5.41) is 6.12. The van der Waals surface area contributed by atoms with E-state index in [1.54, 1.807) is 22.5 Å². The van der Waals surface area contributed by atoms with Crippen molar-refractivity contribution in [2.24, 2.45) is 0 Å². The van der Waals surface area contributed by atoms with Crippen LogP contribution in [0.15, 0.2) is 23.1 Å². The third kappa shape index (κ3) is 5.85. The van der Waals surface area contributed by atoms with Crippen LogP contribution in [0, 0.1) is 0 Å². The van der Waals surface area contributed by atoms with Crippen molar-refractivity contribution in [1.82, 2.24) is 9.62 Å². The molecule has 8 heteroatoms. The SMILES string of the molecule is CC(C)Oc1ccc(S(=O)(=O)N2CCCCC2)cc1NCC(=O)NC1CCCC1. The first-order valence-electron chi connectivity index (χ1n) is 10.7. The van der Waals surface area contributed by atoms with Gasteiger partial charge in [0, 0.05) is 19.1 Å². The number of amides is 1. The third-order valence-corrected chi connectivity index (χ3v) is 7.32. The quantitative estimate of drug-likeness (QED) is 0.671. The third-order valence-electron chi connectivity index (χ3n) is 5.43. The Bertz CT molecular complexity index is 798. The van der Waals surface area contributed by atoms with Gasteiger partial charge in [-0.05, 0) is 57.7 Å². The van der Waals surface area contributed by atoms with Crippen LogP contribution < -0.4 is 15.4 Å². The van der Waals surface area contributed by atoms with Crippen molar-refractivity contribution in [2.75, 3.05) is 25.0 Å². The summed E-state index contributed by atoms with van der Waals surface area (Å²) in [5.74, 6) is 0.461. The molecule has 1 aromatic carbocycles. The molecule has 0 unspecified atom stereocenters. The van der Waals surface area contributed by atoms with Crippen LogP contribution in [0.1, 0.15) is 58.8 Å². The molecule has 1 heterocycles. The van der Waals surface area contributed by atoms with Crippen molar-refractivity contribution in [1.29, 1.82) is 0 Å². The van der Waals surface area contributed by atoms with Crippen LogP contribution in [-0.4, -0.2) is 50.4 Å². The smallest absolute Gasteiger partial charge is 0.243 e. The molecule has 2 fully saturated rings. The molecular weight excluding hydrogens is 390 g/mol. The van der Waals surface area contributed by atoms with E-state index < -0.39 is 10.0 Å². The number of benzene rings is 1. The zero-order valence-electron chi connectivity index (χ0n) is 17.4. The van der Waals surface area contributed by atoms with Gasteiger partial charge in [-0.1, -0.05) is 19.3 Å². The predicted molar refractivity (Wildman–Crippen MR) is 114 cm³/mol. The molecular formula is C21H33N3O4S. The summed E-state index contributed by atoms with van der Waals surface area (Å²) in [6, 6.07) is 5.10. The highest BCUT2D eigenvalue weighted by Gasteiger charge is 2.27. The Labute approximate surface area is 174 Å². The maximum atomic E-state index is 13.0. The van der Waals surface area contributed by atoms with Gasteiger partial charge < -0.3 is 15.4 Å². The van der Waals surface area contributed by atoms with Gasteiger partial charge in [-0.2, -0.15) is 4.31 Å². The number of hydrogen-bond donors (Lipinski definition) is 2. The number of sulfonamides is 1. The van der Waals surface area contributed by atoms with Gasteiger partial charge in [0.2, 0.25) is 15.9 Å². The lowest BCUT2D eigenvalue weighted by atomic mass is 10.2. The molecule has 0 bridgehead atoms. The number of carbonyl (C=O) groups is 1. The fraction of sp³-hybridized carbons (Fsp3) is 0.667. The number of carbonyl (C=O) groups excluding carboxylic acids is 1. The molecule has 1 saturated carbocycles. The van der Waals surface area contributed by atoms with Crippen LogP contribution in [0.25, 0.3) is 0 Å². The molecule has 1 aliphatic heterocycles. The largest absolute Gasteiger partial charge is 0.489 e. The molecule has 0 atom stereocenters. The van der Waals surface area contributed by atoms with Crippen LogP contribution >= 0.6 is 0 Å². The van der Waals surface area contributed by atoms with Gasteiger partial charge in [0.1, 0.15) is 5.75 Å². The van der Waals surface area contributed by atoms with E-state index in [4.69, 9.17) is 4.74 Å². The molecule has 2 aliphatic rings. The minimum Gasteiger partial charge on any atom is -0.489 e. The molecule has 0 radical (unpaired) electrons. The number of rotatable bonds is 8. The van der Waals surface area contributed by atoms with Gasteiger partial charge in [0.15, 0.2) is 0 Å². The maximum absolute atomic E-state index is 13.0. The Balaban J connectivity index is 1.75. The van der Waals surface area contributed by atoms with Crippen LogP contribution in [0.5, 0.6) is 5.75 Å². The topological polar surface area (TPSA) is 87.7 Å². The molecule has 1 saturated heterocycles. The van der Waals surface area contributed by atoms with Crippen molar-refractivity contribution < 1.29 is 17.9 Å². The Hall–Kier alpha value is -1.80. The van der Waals surface area contributed by atoms with E-state index in [9.17, 15) is 13.2 Å². The zero-order valence-corrected chi connectivity index (χ0v) is 18.3. The molecule has 7 nitrogen and oxygen atoms in total. The summed E-state index contributed by atoms with van der Waals surface area (Å²) in [5.41, 5.74) is 0.526. The monoisotopic (exact) mass is 423 g/mol. The minimum absolute atomic E-state index is 0.0626. The fourth-order valence-corrected chi connectivity index (χ4v) is 5.49. The lowest BCUT2D eigenvalue weighted by Gasteiger charge is -2.26. The first kappa shape index (κ1) is 21.9. The summed E-state index contributed by atoms with van der Waals surface area (Å²) >= 11 is 0. The molecule has 162 valence electrons. The molecule has 3 rings (SSSR count). The van der Waals surface area contributed by atoms with Crippen molar-refractivity contribution in [3.63, 3.8) is 0 Å². The Morgan fingerprint density at radius 2 is 1.83 bits per heavy atom. The van der Waals surface area contributed by atoms with E-state index >= 15 is 0 Å². The molecule has 0 spiro atoms. The summed E-state index contributed by atoms with van der Waals surface area (Å²) in [4.78, 5) is 12.5. The molecule has 1 aliphatic carbocycles. The molecule has 1 amide bonds. The standard InChI is InChI=1S/C21H33N3O4S/c1-16(2)28-20-11-10-18(29(26,27)24-12-6-3-7-13-24)14-19(20)22-15-21(25)23-17-8-4-5-9-17/h10-11,14,16-17,22H,3-9,12-13,15H2,1-2H3,(H,23,25). The van der Waals surface area contributed by atoms with Crippen molar-refractivity contribution >= 4 is 21.6 Å². The van der Waals surface area contributed by atoms with E-state index in [1.807, 2.05) is 13.8 Å². The zero-order chi connectivity index (χ0) is 20.9. The summed E-state index contributed by atoms with van der Waals surface area (Å²) in [7, 11) is -3.55. The highest BCUT2D eigenvalue weighted by atomic mass is 32.2. The van der Waals surface area contributed by atoms with Gasteiger partial charge in [-0.15, -0.1) is 0 Å². The van der Waals surface area contributed by atoms with Gasteiger partial charge >= 0.3 is 0 Å². The summed E-state index contributed by atoms with van der Waals surface area (Å²) < 4.78 is 33.4. The second-order valence-corrected chi connectivity index (χ2v) is 10.1. The van der Waals surface area contributed by atoms with Crippen molar-refractivity contribution in [2.45, 2.75) is 75.8 Å². The number of hydrogen-bond acceptors (Lipinski definition) is 5. The number of nitrogens with zero attached hydrogens (tertiary/aromatic N) is 1.